The molecule has 1 rings (SSSR count). The number of hydrogen-bond acceptors (Lipinski definition) is 5. The molecule has 0 atom stereocenters. The predicted octanol–water partition coefficient (Wildman–Crippen LogP) is 1.41. The average Bonchev–Trinajstić information content (AvgIpc) is 2.24. The van der Waals surface area contributed by atoms with Crippen LogP contribution in [0.2, 0.25) is 0 Å². The summed E-state index contributed by atoms with van der Waals surface area (Å²) in [7, 11) is 0. The van der Waals surface area contributed by atoms with E-state index in [0.717, 1.165) is 6.20 Å². The fraction of sp³-hybridized carbons (Fsp3) is 0.400. The number of alkyl halides is 2. The highest BCUT2D eigenvalue weighted by Gasteiger charge is 2.21. The second-order valence-electron chi connectivity index (χ2n) is 3.21. The fourth-order valence-corrected chi connectivity index (χ4v) is 1.27. The summed E-state index contributed by atoms with van der Waals surface area (Å²) in [6, 6.07) is 0. The Balaban J connectivity index is 3.05. The number of hydrogen-bond donors (Lipinski definition) is 2. The molecule has 7 heteroatoms. The van der Waals surface area contributed by atoms with Crippen LogP contribution in [0.5, 0.6) is 5.75 Å². The minimum Gasteiger partial charge on any atom is -0.505 e. The monoisotopic (exact) mass is 246 g/mol. The number of carbonyl (C=O) groups excluding carboxylic acids is 1. The highest BCUT2D eigenvalue weighted by molar-refractivity contribution is 5.76. The third kappa shape index (κ3) is 3.02. The van der Waals surface area contributed by atoms with Gasteiger partial charge in [-0.05, 0) is 6.92 Å². The number of esters is 1. The molecule has 0 saturated heterocycles. The lowest BCUT2D eigenvalue weighted by molar-refractivity contribution is -0.142. The van der Waals surface area contributed by atoms with Crippen molar-refractivity contribution in [2.75, 3.05) is 12.3 Å². The Kier molecular flexibility index (Phi) is 4.19. The van der Waals surface area contributed by atoms with Gasteiger partial charge in [0.15, 0.2) is 0 Å². The number of carbonyl (C=O) groups is 1. The van der Waals surface area contributed by atoms with E-state index in [1.807, 2.05) is 0 Å². The summed E-state index contributed by atoms with van der Waals surface area (Å²) >= 11 is 0. The zero-order chi connectivity index (χ0) is 13.0. The van der Waals surface area contributed by atoms with Crippen LogP contribution in [-0.2, 0) is 16.0 Å². The van der Waals surface area contributed by atoms with Gasteiger partial charge in [-0.3, -0.25) is 4.79 Å². The molecule has 94 valence electrons. The number of aromatic nitrogens is 1. The Morgan fingerprint density at radius 3 is 2.82 bits per heavy atom. The molecule has 0 aliphatic rings. The van der Waals surface area contributed by atoms with Crippen LogP contribution in [0.3, 0.4) is 0 Å². The predicted molar refractivity (Wildman–Crippen MR) is 55.6 cm³/mol. The van der Waals surface area contributed by atoms with Gasteiger partial charge in [0.2, 0.25) is 0 Å². The molecule has 0 saturated carbocycles. The average molecular weight is 246 g/mol. The molecule has 1 aromatic rings. The van der Waals surface area contributed by atoms with Crippen molar-refractivity contribution in [3.63, 3.8) is 0 Å². The molecule has 0 amide bonds. The van der Waals surface area contributed by atoms with Gasteiger partial charge in [0.25, 0.3) is 6.43 Å². The summed E-state index contributed by atoms with van der Waals surface area (Å²) in [6.45, 7) is 1.77. The maximum atomic E-state index is 12.4. The second-order valence-corrected chi connectivity index (χ2v) is 3.21. The largest absolute Gasteiger partial charge is 0.505 e. The lowest BCUT2D eigenvalue weighted by Gasteiger charge is -2.10. The molecule has 5 nitrogen and oxygen atoms in total. The first-order valence-corrected chi connectivity index (χ1v) is 4.87. The number of halogens is 2. The van der Waals surface area contributed by atoms with E-state index < -0.39 is 23.8 Å². The number of ether oxygens (including phenoxy) is 1. The molecule has 3 N–H and O–H groups in total. The maximum absolute atomic E-state index is 12.4. The van der Waals surface area contributed by atoms with Crippen LogP contribution >= 0.6 is 0 Å². The molecule has 0 bridgehead atoms. The van der Waals surface area contributed by atoms with Gasteiger partial charge in [0, 0.05) is 5.56 Å². The van der Waals surface area contributed by atoms with Crippen molar-refractivity contribution in [2.24, 2.45) is 0 Å². The van der Waals surface area contributed by atoms with Gasteiger partial charge in [0.1, 0.15) is 11.4 Å². The van der Waals surface area contributed by atoms with Crippen LogP contribution in [0.4, 0.5) is 14.5 Å². The zero-order valence-corrected chi connectivity index (χ0v) is 9.11. The van der Waals surface area contributed by atoms with E-state index in [1.54, 1.807) is 6.92 Å². The van der Waals surface area contributed by atoms with Crippen molar-refractivity contribution in [3.05, 3.63) is 17.5 Å². The Labute approximate surface area is 96.2 Å². The van der Waals surface area contributed by atoms with Crippen LogP contribution in [0.15, 0.2) is 6.20 Å². The smallest absolute Gasteiger partial charge is 0.310 e. The molecule has 0 aliphatic heterocycles. The third-order valence-electron chi connectivity index (χ3n) is 2.05. The molecule has 0 radical (unpaired) electrons. The van der Waals surface area contributed by atoms with Crippen molar-refractivity contribution in [2.45, 2.75) is 19.8 Å². The number of nitrogens with zero attached hydrogens (tertiary/aromatic N) is 1. The molecule has 17 heavy (non-hydrogen) atoms. The second kappa shape index (κ2) is 5.42. The standard InChI is InChI=1S/C10H12F2N2O3/c1-2-17-7(15)3-5-6(13)4-14-8(9(5)16)10(11)12/h4,10,16H,2-3,13H2,1H3. The van der Waals surface area contributed by atoms with E-state index >= 15 is 0 Å². The van der Waals surface area contributed by atoms with Crippen LogP contribution in [-0.4, -0.2) is 22.7 Å². The van der Waals surface area contributed by atoms with Crippen molar-refractivity contribution < 1.29 is 23.4 Å². The number of rotatable bonds is 4. The van der Waals surface area contributed by atoms with E-state index in [2.05, 4.69) is 9.72 Å². The highest BCUT2D eigenvalue weighted by Crippen LogP contribution is 2.32. The summed E-state index contributed by atoms with van der Waals surface area (Å²) in [4.78, 5) is 14.5. The number of aromatic hydroxyl groups is 1. The van der Waals surface area contributed by atoms with E-state index in [0.29, 0.717) is 0 Å². The summed E-state index contributed by atoms with van der Waals surface area (Å²) in [5.74, 6) is -1.41. The molecule has 0 unspecified atom stereocenters. The van der Waals surface area contributed by atoms with Crippen LogP contribution in [0, 0.1) is 0 Å². The highest BCUT2D eigenvalue weighted by atomic mass is 19.3. The zero-order valence-electron chi connectivity index (χ0n) is 9.11. The van der Waals surface area contributed by atoms with Gasteiger partial charge in [-0.25, -0.2) is 13.8 Å². The summed E-state index contributed by atoms with van der Waals surface area (Å²) in [5.41, 5.74) is 4.55. The first-order chi connectivity index (χ1) is 7.97. The van der Waals surface area contributed by atoms with E-state index in [4.69, 9.17) is 5.73 Å². The fourth-order valence-electron chi connectivity index (χ4n) is 1.27. The summed E-state index contributed by atoms with van der Waals surface area (Å²) < 4.78 is 29.5. The van der Waals surface area contributed by atoms with E-state index in [9.17, 15) is 18.7 Å². The van der Waals surface area contributed by atoms with Crippen molar-refractivity contribution >= 4 is 11.7 Å². The topological polar surface area (TPSA) is 85.4 Å². The molecule has 0 aliphatic carbocycles. The number of nitrogens with two attached hydrogens (primary N) is 1. The third-order valence-corrected chi connectivity index (χ3v) is 2.05. The molecule has 0 aromatic carbocycles. The molecular weight excluding hydrogens is 234 g/mol. The Bertz CT molecular complexity index is 424. The van der Waals surface area contributed by atoms with Gasteiger partial charge in [-0.1, -0.05) is 0 Å². The molecule has 1 heterocycles. The van der Waals surface area contributed by atoms with Gasteiger partial charge in [0.05, 0.1) is 24.9 Å². The number of anilines is 1. The Morgan fingerprint density at radius 2 is 2.29 bits per heavy atom. The van der Waals surface area contributed by atoms with E-state index in [-0.39, 0.29) is 24.3 Å². The summed E-state index contributed by atoms with van der Waals surface area (Å²) in [5, 5.41) is 9.53. The van der Waals surface area contributed by atoms with Gasteiger partial charge in [-0.2, -0.15) is 0 Å². The van der Waals surface area contributed by atoms with Crippen molar-refractivity contribution in [1.29, 1.82) is 0 Å². The summed E-state index contributed by atoms with van der Waals surface area (Å²) in [6.07, 6.45) is -2.32. The molecular formula is C10H12F2N2O3. The lowest BCUT2D eigenvalue weighted by Crippen LogP contribution is -2.10. The first kappa shape index (κ1) is 13.1. The van der Waals surface area contributed by atoms with Crippen LogP contribution < -0.4 is 5.73 Å². The number of nitrogen functional groups attached to an aromatic ring is 1. The number of pyridine rings is 1. The lowest BCUT2D eigenvalue weighted by atomic mass is 10.1. The molecule has 0 fully saturated rings. The van der Waals surface area contributed by atoms with Gasteiger partial charge in [-0.15, -0.1) is 0 Å². The van der Waals surface area contributed by atoms with Gasteiger partial charge >= 0.3 is 5.97 Å². The normalized spacial score (nSPS) is 10.6. The quantitative estimate of drug-likeness (QED) is 0.784. The minimum atomic E-state index is -2.93. The first-order valence-electron chi connectivity index (χ1n) is 4.87. The van der Waals surface area contributed by atoms with Crippen molar-refractivity contribution in [1.82, 2.24) is 4.98 Å². The van der Waals surface area contributed by atoms with Crippen LogP contribution in [0.1, 0.15) is 24.6 Å². The van der Waals surface area contributed by atoms with E-state index in [1.165, 1.54) is 0 Å². The molecule has 1 aromatic heterocycles. The van der Waals surface area contributed by atoms with Crippen LogP contribution in [0.25, 0.3) is 0 Å². The maximum Gasteiger partial charge on any atom is 0.310 e. The minimum absolute atomic E-state index is 0.0278. The SMILES string of the molecule is CCOC(=O)Cc1c(N)cnc(C(F)F)c1O. The van der Waals surface area contributed by atoms with Crippen molar-refractivity contribution in [3.8, 4) is 5.75 Å². The van der Waals surface area contributed by atoms with Gasteiger partial charge < -0.3 is 15.6 Å². The Morgan fingerprint density at radius 1 is 1.65 bits per heavy atom. The molecule has 0 spiro atoms. The Hall–Kier alpha value is -1.92.